The highest BCUT2D eigenvalue weighted by Gasteiger charge is 2.31. The number of primary amides is 1. The molecule has 0 spiro atoms. The maximum atomic E-state index is 10.6. The molecule has 4 nitrogen and oxygen atoms in total. The predicted molar refractivity (Wildman–Crippen MR) is 79.8 cm³/mol. The van der Waals surface area contributed by atoms with Crippen LogP contribution in [0.25, 0.3) is 0 Å². The number of nitrogens with two attached hydrogens (primary N) is 1. The SMILES string of the molecule is COc1ccccc1C1CC(NCCCCC(N)=O)C1. The van der Waals surface area contributed by atoms with E-state index in [-0.39, 0.29) is 5.91 Å². The summed E-state index contributed by atoms with van der Waals surface area (Å²) in [4.78, 5) is 10.6. The van der Waals surface area contributed by atoms with Gasteiger partial charge >= 0.3 is 0 Å². The van der Waals surface area contributed by atoms with Crippen molar-refractivity contribution < 1.29 is 9.53 Å². The molecule has 4 heteroatoms. The van der Waals surface area contributed by atoms with Gasteiger partial charge in [-0.05, 0) is 49.8 Å². The van der Waals surface area contributed by atoms with Gasteiger partial charge in [0.1, 0.15) is 5.75 Å². The van der Waals surface area contributed by atoms with Crippen LogP contribution in [0.2, 0.25) is 0 Å². The number of para-hydroxylation sites is 1. The molecule has 0 atom stereocenters. The lowest BCUT2D eigenvalue weighted by molar-refractivity contribution is -0.118. The third-order valence-corrected chi connectivity index (χ3v) is 4.00. The normalized spacial score (nSPS) is 21.2. The van der Waals surface area contributed by atoms with Crippen LogP contribution in [-0.4, -0.2) is 25.6 Å². The number of nitrogens with one attached hydrogen (secondary N) is 1. The summed E-state index contributed by atoms with van der Waals surface area (Å²) in [5, 5.41) is 3.54. The van der Waals surface area contributed by atoms with Crippen LogP contribution in [0.5, 0.6) is 5.75 Å². The predicted octanol–water partition coefficient (Wildman–Crippen LogP) is 2.19. The number of hydrogen-bond acceptors (Lipinski definition) is 3. The van der Waals surface area contributed by atoms with Crippen LogP contribution >= 0.6 is 0 Å². The van der Waals surface area contributed by atoms with Gasteiger partial charge in [0.05, 0.1) is 7.11 Å². The summed E-state index contributed by atoms with van der Waals surface area (Å²) in [6.45, 7) is 0.969. The fourth-order valence-electron chi connectivity index (χ4n) is 2.77. The summed E-state index contributed by atoms with van der Waals surface area (Å²) >= 11 is 0. The molecule has 3 N–H and O–H groups in total. The second-order valence-corrected chi connectivity index (χ2v) is 5.48. The Bertz CT molecular complexity index is 442. The van der Waals surface area contributed by atoms with Crippen molar-refractivity contribution in [2.45, 2.75) is 44.1 Å². The third-order valence-electron chi connectivity index (χ3n) is 4.00. The Labute approximate surface area is 120 Å². The minimum absolute atomic E-state index is 0.204. The van der Waals surface area contributed by atoms with Gasteiger partial charge in [-0.1, -0.05) is 18.2 Å². The second kappa shape index (κ2) is 7.29. The monoisotopic (exact) mass is 276 g/mol. The molecule has 20 heavy (non-hydrogen) atoms. The van der Waals surface area contributed by atoms with Crippen molar-refractivity contribution in [3.05, 3.63) is 29.8 Å². The molecule has 0 radical (unpaired) electrons. The molecular weight excluding hydrogens is 252 g/mol. The van der Waals surface area contributed by atoms with Gasteiger partial charge in [0, 0.05) is 12.5 Å². The number of carbonyl (C=O) groups excluding carboxylic acids is 1. The molecule has 1 aliphatic rings. The van der Waals surface area contributed by atoms with Gasteiger partial charge in [0.15, 0.2) is 0 Å². The Kier molecular flexibility index (Phi) is 5.41. The maximum Gasteiger partial charge on any atom is 0.217 e. The summed E-state index contributed by atoms with van der Waals surface area (Å²) in [5.41, 5.74) is 6.43. The first-order chi connectivity index (χ1) is 9.70. The van der Waals surface area contributed by atoms with Gasteiger partial charge < -0.3 is 15.8 Å². The average molecular weight is 276 g/mol. The van der Waals surface area contributed by atoms with Crippen molar-refractivity contribution in [1.29, 1.82) is 0 Å². The van der Waals surface area contributed by atoms with Gasteiger partial charge in [-0.3, -0.25) is 4.79 Å². The van der Waals surface area contributed by atoms with Crippen molar-refractivity contribution in [3.8, 4) is 5.75 Å². The van der Waals surface area contributed by atoms with Crippen LogP contribution in [-0.2, 0) is 4.79 Å². The standard InChI is InChI=1S/C16H24N2O2/c1-20-15-7-3-2-6-14(15)12-10-13(11-12)18-9-5-4-8-16(17)19/h2-3,6-7,12-13,18H,4-5,8-11H2,1H3,(H2,17,19). The summed E-state index contributed by atoms with van der Waals surface area (Å²) in [6.07, 6.45) is 4.71. The molecule has 1 amide bonds. The molecule has 0 aromatic heterocycles. The average Bonchev–Trinajstić information content (AvgIpc) is 2.40. The van der Waals surface area contributed by atoms with Gasteiger partial charge in [0.25, 0.3) is 0 Å². The number of rotatable bonds is 8. The first-order valence-electron chi connectivity index (χ1n) is 7.35. The van der Waals surface area contributed by atoms with E-state index in [1.54, 1.807) is 7.11 Å². The number of benzene rings is 1. The fraction of sp³-hybridized carbons (Fsp3) is 0.562. The van der Waals surface area contributed by atoms with Crippen LogP contribution in [0.15, 0.2) is 24.3 Å². The molecular formula is C16H24N2O2. The zero-order valence-corrected chi connectivity index (χ0v) is 12.1. The quantitative estimate of drug-likeness (QED) is 0.715. The van der Waals surface area contributed by atoms with Crippen molar-refractivity contribution in [2.24, 2.45) is 5.73 Å². The molecule has 1 fully saturated rings. The number of ether oxygens (including phenoxy) is 1. The third kappa shape index (κ3) is 3.97. The molecule has 1 aromatic carbocycles. The lowest BCUT2D eigenvalue weighted by Crippen LogP contribution is -2.40. The Morgan fingerprint density at radius 1 is 1.35 bits per heavy atom. The number of amides is 1. The van der Waals surface area contributed by atoms with Crippen molar-refractivity contribution in [2.75, 3.05) is 13.7 Å². The number of carbonyl (C=O) groups is 1. The van der Waals surface area contributed by atoms with E-state index in [1.165, 1.54) is 5.56 Å². The lowest BCUT2D eigenvalue weighted by Gasteiger charge is -2.37. The van der Waals surface area contributed by atoms with E-state index >= 15 is 0 Å². The van der Waals surface area contributed by atoms with Crippen molar-refractivity contribution in [3.63, 3.8) is 0 Å². The number of unbranched alkanes of at least 4 members (excludes halogenated alkanes) is 1. The lowest BCUT2D eigenvalue weighted by atomic mass is 9.75. The highest BCUT2D eigenvalue weighted by molar-refractivity contribution is 5.73. The maximum absolute atomic E-state index is 10.6. The topological polar surface area (TPSA) is 64.3 Å². The summed E-state index contributed by atoms with van der Waals surface area (Å²) in [6, 6.07) is 8.86. The summed E-state index contributed by atoms with van der Waals surface area (Å²) in [7, 11) is 1.73. The van der Waals surface area contributed by atoms with Crippen LogP contribution in [0.1, 0.15) is 43.6 Å². The van der Waals surface area contributed by atoms with Gasteiger partial charge in [-0.25, -0.2) is 0 Å². The van der Waals surface area contributed by atoms with Crippen LogP contribution in [0, 0.1) is 0 Å². The Morgan fingerprint density at radius 3 is 2.80 bits per heavy atom. The number of hydrogen-bond donors (Lipinski definition) is 2. The molecule has 1 aliphatic carbocycles. The van der Waals surface area contributed by atoms with Gasteiger partial charge in [-0.15, -0.1) is 0 Å². The molecule has 0 bridgehead atoms. The minimum Gasteiger partial charge on any atom is -0.496 e. The number of methoxy groups -OCH3 is 1. The first kappa shape index (κ1) is 14.9. The van der Waals surface area contributed by atoms with E-state index in [0.717, 1.165) is 38.0 Å². The van der Waals surface area contributed by atoms with E-state index in [2.05, 4.69) is 17.4 Å². The van der Waals surface area contributed by atoms with E-state index in [9.17, 15) is 4.79 Å². The second-order valence-electron chi connectivity index (χ2n) is 5.48. The molecule has 2 rings (SSSR count). The minimum atomic E-state index is -0.204. The Hall–Kier alpha value is -1.55. The van der Waals surface area contributed by atoms with Crippen molar-refractivity contribution in [1.82, 2.24) is 5.32 Å². The van der Waals surface area contributed by atoms with E-state index in [1.807, 2.05) is 12.1 Å². The molecule has 0 saturated heterocycles. The first-order valence-corrected chi connectivity index (χ1v) is 7.35. The molecule has 0 heterocycles. The molecule has 1 aromatic rings. The molecule has 0 unspecified atom stereocenters. The van der Waals surface area contributed by atoms with Crippen molar-refractivity contribution >= 4 is 5.91 Å². The highest BCUT2D eigenvalue weighted by Crippen LogP contribution is 2.40. The summed E-state index contributed by atoms with van der Waals surface area (Å²) in [5.74, 6) is 1.40. The zero-order chi connectivity index (χ0) is 14.4. The largest absolute Gasteiger partial charge is 0.496 e. The van der Waals surface area contributed by atoms with E-state index in [0.29, 0.717) is 18.4 Å². The Balaban J connectivity index is 1.66. The molecule has 1 saturated carbocycles. The van der Waals surface area contributed by atoms with Crippen LogP contribution in [0.3, 0.4) is 0 Å². The molecule has 110 valence electrons. The van der Waals surface area contributed by atoms with Crippen LogP contribution < -0.4 is 15.8 Å². The fourth-order valence-corrected chi connectivity index (χ4v) is 2.77. The van der Waals surface area contributed by atoms with E-state index in [4.69, 9.17) is 10.5 Å². The van der Waals surface area contributed by atoms with Crippen LogP contribution in [0.4, 0.5) is 0 Å². The highest BCUT2D eigenvalue weighted by atomic mass is 16.5. The smallest absolute Gasteiger partial charge is 0.217 e. The Morgan fingerprint density at radius 2 is 2.10 bits per heavy atom. The molecule has 0 aliphatic heterocycles. The zero-order valence-electron chi connectivity index (χ0n) is 12.1. The van der Waals surface area contributed by atoms with Gasteiger partial charge in [-0.2, -0.15) is 0 Å². The van der Waals surface area contributed by atoms with E-state index < -0.39 is 0 Å². The summed E-state index contributed by atoms with van der Waals surface area (Å²) < 4.78 is 5.41. The van der Waals surface area contributed by atoms with Gasteiger partial charge in [0.2, 0.25) is 5.91 Å².